The summed E-state index contributed by atoms with van der Waals surface area (Å²) in [5, 5.41) is 2.26. The first-order valence-electron chi connectivity index (χ1n) is 16.2. The van der Waals surface area contributed by atoms with Crippen LogP contribution in [-0.4, -0.2) is 19.5 Å². The number of rotatable bonds is 5. The zero-order chi connectivity index (χ0) is 33.7. The minimum absolute atomic E-state index is 0.0308. The van der Waals surface area contributed by atoms with Crippen molar-refractivity contribution in [2.45, 2.75) is 26.2 Å². The maximum atomic E-state index is 14.5. The number of hydrogen-bond acceptors (Lipinski definition) is 3. The van der Waals surface area contributed by atoms with Crippen LogP contribution in [0.5, 0.6) is 0 Å². The average Bonchev–Trinajstić information content (AvgIpc) is 3.45. The van der Waals surface area contributed by atoms with Crippen molar-refractivity contribution in [1.82, 2.24) is 19.5 Å². The van der Waals surface area contributed by atoms with Gasteiger partial charge in [0.1, 0.15) is 11.6 Å². The number of para-hydroxylation sites is 1. The summed E-state index contributed by atoms with van der Waals surface area (Å²) in [6, 6.07) is 44.0. The van der Waals surface area contributed by atoms with E-state index >= 15 is 0 Å². The topological polar surface area (TPSA) is 43.6 Å². The van der Waals surface area contributed by atoms with Crippen LogP contribution in [0.4, 0.5) is 8.78 Å². The van der Waals surface area contributed by atoms with Crippen molar-refractivity contribution in [2.75, 3.05) is 0 Å². The molecule has 0 atom stereocenters. The van der Waals surface area contributed by atoms with E-state index in [1.165, 1.54) is 17.7 Å². The van der Waals surface area contributed by atoms with Gasteiger partial charge in [-0.05, 0) is 64.6 Å². The van der Waals surface area contributed by atoms with Crippen LogP contribution in [0.2, 0.25) is 0 Å². The predicted molar refractivity (Wildman–Crippen MR) is 195 cm³/mol. The van der Waals surface area contributed by atoms with E-state index in [9.17, 15) is 8.78 Å². The number of hydrogen-bond donors (Lipinski definition) is 0. The summed E-state index contributed by atoms with van der Waals surface area (Å²) in [5.41, 5.74) is 7.54. The van der Waals surface area contributed by atoms with Crippen molar-refractivity contribution < 1.29 is 8.78 Å². The summed E-state index contributed by atoms with van der Waals surface area (Å²) in [6.45, 7) is 6.65. The standard InChI is InChI=1S/C43H32F2N4/c1-43(2,3)31-19-21-38-35(25-31)34-16-10-11-17-37(34)49(38)39-20-18-29(30-22-32(44)26-33(45)23-30)24-36(39)42-47-40(27-12-6-4-7-13-27)46-41(48-42)28-14-8-5-9-15-28/h4-26H,1-3H3. The molecular weight excluding hydrogens is 610 g/mol. The molecule has 0 amide bonds. The van der Waals surface area contributed by atoms with Gasteiger partial charge >= 0.3 is 0 Å². The molecule has 0 saturated heterocycles. The fraction of sp³-hybridized carbons (Fsp3) is 0.0930. The molecule has 0 N–H and O–H groups in total. The lowest BCUT2D eigenvalue weighted by atomic mass is 9.86. The summed E-state index contributed by atoms with van der Waals surface area (Å²) in [5.74, 6) is 0.203. The van der Waals surface area contributed by atoms with Gasteiger partial charge in [-0.1, -0.05) is 112 Å². The van der Waals surface area contributed by atoms with Crippen molar-refractivity contribution in [3.63, 3.8) is 0 Å². The molecule has 8 rings (SSSR count). The number of halogens is 2. The molecule has 49 heavy (non-hydrogen) atoms. The summed E-state index contributed by atoms with van der Waals surface area (Å²) in [7, 11) is 0. The van der Waals surface area contributed by atoms with Crippen LogP contribution in [0.3, 0.4) is 0 Å². The van der Waals surface area contributed by atoms with Gasteiger partial charge in [0, 0.05) is 33.5 Å². The maximum Gasteiger partial charge on any atom is 0.166 e. The Kier molecular flexibility index (Phi) is 7.37. The Morgan fingerprint density at radius 3 is 1.67 bits per heavy atom. The average molecular weight is 643 g/mol. The Morgan fingerprint density at radius 1 is 0.469 bits per heavy atom. The Balaban J connectivity index is 1.46. The van der Waals surface area contributed by atoms with Gasteiger partial charge in [-0.2, -0.15) is 0 Å². The predicted octanol–water partition coefficient (Wildman–Crippen LogP) is 11.2. The molecule has 0 aliphatic heterocycles. The summed E-state index contributed by atoms with van der Waals surface area (Å²) in [4.78, 5) is 15.0. The van der Waals surface area contributed by atoms with E-state index in [2.05, 4.69) is 61.7 Å². The van der Waals surface area contributed by atoms with Crippen molar-refractivity contribution >= 4 is 21.8 Å². The summed E-state index contributed by atoms with van der Waals surface area (Å²) >= 11 is 0. The zero-order valence-electron chi connectivity index (χ0n) is 27.3. The second-order valence-corrected chi connectivity index (χ2v) is 13.3. The van der Waals surface area contributed by atoms with Crippen molar-refractivity contribution in [2.24, 2.45) is 0 Å². The first kappa shape index (κ1) is 30.3. The van der Waals surface area contributed by atoms with Crippen LogP contribution >= 0.6 is 0 Å². The van der Waals surface area contributed by atoms with Gasteiger partial charge in [0.2, 0.25) is 0 Å². The Hall–Kier alpha value is -6.01. The third kappa shape index (κ3) is 5.65. The molecule has 8 aromatic rings. The van der Waals surface area contributed by atoms with Crippen LogP contribution in [0.1, 0.15) is 26.3 Å². The van der Waals surface area contributed by atoms with Crippen LogP contribution in [0, 0.1) is 11.6 Å². The molecule has 0 aliphatic rings. The lowest BCUT2D eigenvalue weighted by Crippen LogP contribution is -2.10. The monoisotopic (exact) mass is 642 g/mol. The van der Waals surface area contributed by atoms with E-state index in [-0.39, 0.29) is 5.41 Å². The highest BCUT2D eigenvalue weighted by molar-refractivity contribution is 6.10. The number of nitrogens with zero attached hydrogens (tertiary/aromatic N) is 4. The smallest absolute Gasteiger partial charge is 0.166 e. The van der Waals surface area contributed by atoms with E-state index in [1.54, 1.807) is 0 Å². The molecule has 0 unspecified atom stereocenters. The van der Waals surface area contributed by atoms with Gasteiger partial charge in [-0.3, -0.25) is 0 Å². The van der Waals surface area contributed by atoms with Gasteiger partial charge in [0.25, 0.3) is 0 Å². The minimum Gasteiger partial charge on any atom is -0.309 e. The van der Waals surface area contributed by atoms with Crippen molar-refractivity contribution in [3.8, 4) is 51.0 Å². The quantitative estimate of drug-likeness (QED) is 0.188. The van der Waals surface area contributed by atoms with Crippen LogP contribution in [0.15, 0.2) is 140 Å². The molecule has 2 heterocycles. The fourth-order valence-electron chi connectivity index (χ4n) is 6.44. The molecule has 6 heteroatoms. The normalized spacial score (nSPS) is 11.8. The van der Waals surface area contributed by atoms with Crippen molar-refractivity contribution in [3.05, 3.63) is 157 Å². The van der Waals surface area contributed by atoms with Crippen molar-refractivity contribution in [1.29, 1.82) is 0 Å². The lowest BCUT2D eigenvalue weighted by molar-refractivity contribution is 0.584. The Bertz CT molecular complexity index is 2420. The van der Waals surface area contributed by atoms with Crippen LogP contribution < -0.4 is 0 Å². The van der Waals surface area contributed by atoms with Crippen LogP contribution in [0.25, 0.3) is 72.8 Å². The SMILES string of the molecule is CC(C)(C)c1ccc2c(c1)c1ccccc1n2-c1ccc(-c2cc(F)cc(F)c2)cc1-c1nc(-c2ccccc2)nc(-c2ccccc2)n1. The summed E-state index contributed by atoms with van der Waals surface area (Å²) in [6.07, 6.45) is 0. The number of benzene rings is 6. The Morgan fingerprint density at radius 2 is 1.04 bits per heavy atom. The highest BCUT2D eigenvalue weighted by Crippen LogP contribution is 2.39. The Labute approximate surface area is 283 Å². The highest BCUT2D eigenvalue weighted by atomic mass is 19.1. The van der Waals surface area contributed by atoms with Gasteiger partial charge in [0.15, 0.2) is 17.5 Å². The van der Waals surface area contributed by atoms with E-state index in [4.69, 9.17) is 15.0 Å². The zero-order valence-corrected chi connectivity index (χ0v) is 27.3. The minimum atomic E-state index is -0.643. The van der Waals surface area contributed by atoms with E-state index in [0.29, 0.717) is 34.2 Å². The van der Waals surface area contributed by atoms with Gasteiger partial charge < -0.3 is 4.57 Å². The molecule has 2 aromatic heterocycles. The molecule has 0 radical (unpaired) electrons. The third-order valence-corrected chi connectivity index (χ3v) is 8.91. The van der Waals surface area contributed by atoms with Gasteiger partial charge in [-0.25, -0.2) is 23.7 Å². The van der Waals surface area contributed by atoms with Gasteiger partial charge in [0.05, 0.1) is 16.7 Å². The lowest BCUT2D eigenvalue weighted by Gasteiger charge is -2.19. The first-order valence-corrected chi connectivity index (χ1v) is 16.2. The second kappa shape index (κ2) is 11.9. The van der Waals surface area contributed by atoms with E-state index in [1.807, 2.05) is 84.9 Å². The number of fused-ring (bicyclic) bond motifs is 3. The molecule has 0 aliphatic carbocycles. The third-order valence-electron chi connectivity index (χ3n) is 8.91. The maximum absolute atomic E-state index is 14.5. The van der Waals surface area contributed by atoms with Crippen LogP contribution in [-0.2, 0) is 5.41 Å². The molecule has 6 aromatic carbocycles. The second-order valence-electron chi connectivity index (χ2n) is 13.3. The highest BCUT2D eigenvalue weighted by Gasteiger charge is 2.22. The molecule has 238 valence electrons. The molecular formula is C43H32F2N4. The fourth-order valence-corrected chi connectivity index (χ4v) is 6.44. The summed E-state index contributed by atoms with van der Waals surface area (Å²) < 4.78 is 31.3. The first-order chi connectivity index (χ1) is 23.7. The molecule has 0 bridgehead atoms. The van der Waals surface area contributed by atoms with E-state index in [0.717, 1.165) is 44.7 Å². The largest absolute Gasteiger partial charge is 0.309 e. The number of aromatic nitrogens is 4. The van der Waals surface area contributed by atoms with Gasteiger partial charge in [-0.15, -0.1) is 0 Å². The molecule has 0 fully saturated rings. The van der Waals surface area contributed by atoms with E-state index < -0.39 is 11.6 Å². The molecule has 0 saturated carbocycles. The molecule has 4 nitrogen and oxygen atoms in total. The molecule has 0 spiro atoms.